The lowest BCUT2D eigenvalue weighted by molar-refractivity contribution is 1.01. The molecule has 2 heteroatoms. The number of nitrogens with zero attached hydrogens (tertiary/aromatic N) is 2. The molecular weight excluding hydrogens is 292 g/mol. The molecule has 0 fully saturated rings. The summed E-state index contributed by atoms with van der Waals surface area (Å²) in [6.45, 7) is 6.40. The first-order valence-electron chi connectivity index (χ1n) is 8.49. The van der Waals surface area contributed by atoms with Crippen molar-refractivity contribution >= 4 is 27.4 Å². The molecule has 0 saturated carbocycles. The number of hydrogen-bond acceptors (Lipinski definition) is 1. The van der Waals surface area contributed by atoms with Crippen molar-refractivity contribution in [1.29, 1.82) is 0 Å². The van der Waals surface area contributed by atoms with Crippen molar-refractivity contribution in [2.45, 2.75) is 27.2 Å². The van der Waals surface area contributed by atoms with Crippen LogP contribution < -0.4 is 0 Å². The number of pyridine rings is 1. The molecule has 3 aromatic rings. The van der Waals surface area contributed by atoms with Gasteiger partial charge < -0.3 is 4.57 Å². The normalized spacial score (nSPS) is 13.5. The van der Waals surface area contributed by atoms with Gasteiger partial charge in [-0.3, -0.25) is 4.98 Å². The maximum Gasteiger partial charge on any atom is 0.0519 e. The zero-order valence-corrected chi connectivity index (χ0v) is 14.9. The second kappa shape index (κ2) is 6.88. The van der Waals surface area contributed by atoms with E-state index >= 15 is 0 Å². The van der Waals surface area contributed by atoms with E-state index in [9.17, 15) is 0 Å². The molecule has 0 aliphatic rings. The third-order valence-corrected chi connectivity index (χ3v) is 4.50. The fraction of sp³-hybridized carbons (Fsp3) is 0.227. The van der Waals surface area contributed by atoms with Gasteiger partial charge in [-0.05, 0) is 43.5 Å². The van der Waals surface area contributed by atoms with Crippen LogP contribution in [0.15, 0.2) is 66.5 Å². The van der Waals surface area contributed by atoms with Gasteiger partial charge in [-0.15, -0.1) is 0 Å². The van der Waals surface area contributed by atoms with Crippen LogP contribution in [0.25, 0.3) is 27.4 Å². The standard InChI is InChI=1S/C22H24N2/c1-5-7-16(3)8-9-17(6-2)18-10-11-19-20-15-23-13-12-21(20)24(4)22(19)14-18/h6-15H,5H2,1-4H3/b9-8-,16-7+,17-6+. The molecule has 0 aliphatic heterocycles. The molecule has 0 atom stereocenters. The second-order valence-corrected chi connectivity index (χ2v) is 6.12. The Labute approximate surface area is 143 Å². The molecule has 2 aromatic heterocycles. The van der Waals surface area contributed by atoms with Crippen molar-refractivity contribution in [2.24, 2.45) is 7.05 Å². The third kappa shape index (κ3) is 2.92. The van der Waals surface area contributed by atoms with Crippen LogP contribution >= 0.6 is 0 Å². The summed E-state index contributed by atoms with van der Waals surface area (Å²) in [4.78, 5) is 4.27. The minimum absolute atomic E-state index is 1.07. The van der Waals surface area contributed by atoms with E-state index in [0.717, 1.165) is 6.42 Å². The van der Waals surface area contributed by atoms with Gasteiger partial charge >= 0.3 is 0 Å². The maximum absolute atomic E-state index is 4.27. The van der Waals surface area contributed by atoms with Crippen LogP contribution in [-0.4, -0.2) is 9.55 Å². The minimum atomic E-state index is 1.07. The Balaban J connectivity index is 2.08. The second-order valence-electron chi connectivity index (χ2n) is 6.12. The SMILES string of the molecule is C\C=C(/C=C\C(C)=C\CC)c1ccc2c3cnccc3n(C)c2c1. The van der Waals surface area contributed by atoms with Gasteiger partial charge in [-0.2, -0.15) is 0 Å². The van der Waals surface area contributed by atoms with Crippen LogP contribution in [0, 0.1) is 0 Å². The number of aryl methyl sites for hydroxylation is 1. The van der Waals surface area contributed by atoms with Crippen LogP contribution in [0.3, 0.4) is 0 Å². The van der Waals surface area contributed by atoms with E-state index in [-0.39, 0.29) is 0 Å². The monoisotopic (exact) mass is 316 g/mol. The fourth-order valence-corrected chi connectivity index (χ4v) is 3.20. The molecule has 0 N–H and O–H groups in total. The summed E-state index contributed by atoms with van der Waals surface area (Å²) in [6, 6.07) is 8.76. The van der Waals surface area contributed by atoms with E-state index in [2.05, 4.69) is 85.9 Å². The highest BCUT2D eigenvalue weighted by Gasteiger charge is 2.09. The van der Waals surface area contributed by atoms with E-state index in [0.29, 0.717) is 0 Å². The first-order chi connectivity index (χ1) is 11.7. The zero-order chi connectivity index (χ0) is 17.1. The first kappa shape index (κ1) is 16.3. The van der Waals surface area contributed by atoms with Crippen molar-refractivity contribution in [2.75, 3.05) is 0 Å². The highest BCUT2D eigenvalue weighted by molar-refractivity contribution is 6.08. The molecule has 0 bridgehead atoms. The van der Waals surface area contributed by atoms with E-state index in [1.807, 2.05) is 12.4 Å². The Morgan fingerprint density at radius 3 is 2.71 bits per heavy atom. The predicted molar refractivity (Wildman–Crippen MR) is 105 cm³/mol. The molecule has 24 heavy (non-hydrogen) atoms. The molecule has 0 aliphatic carbocycles. The Morgan fingerprint density at radius 1 is 1.12 bits per heavy atom. The number of benzene rings is 1. The lowest BCUT2D eigenvalue weighted by Crippen LogP contribution is -1.88. The van der Waals surface area contributed by atoms with Gasteiger partial charge in [0.2, 0.25) is 0 Å². The van der Waals surface area contributed by atoms with E-state index < -0.39 is 0 Å². The Morgan fingerprint density at radius 2 is 1.96 bits per heavy atom. The molecule has 2 nitrogen and oxygen atoms in total. The lowest BCUT2D eigenvalue weighted by Gasteiger charge is -2.05. The first-order valence-corrected chi connectivity index (χ1v) is 8.49. The topological polar surface area (TPSA) is 17.8 Å². The largest absolute Gasteiger partial charge is 0.343 e. The molecule has 1 aromatic carbocycles. The van der Waals surface area contributed by atoms with Gasteiger partial charge in [0.15, 0.2) is 0 Å². The van der Waals surface area contributed by atoms with Crippen LogP contribution in [0.4, 0.5) is 0 Å². The van der Waals surface area contributed by atoms with Crippen molar-refractivity contribution in [3.05, 3.63) is 72.1 Å². The molecule has 122 valence electrons. The summed E-state index contributed by atoms with van der Waals surface area (Å²) in [5.74, 6) is 0. The average molecular weight is 316 g/mol. The summed E-state index contributed by atoms with van der Waals surface area (Å²) in [6.07, 6.45) is 13.7. The minimum Gasteiger partial charge on any atom is -0.343 e. The van der Waals surface area contributed by atoms with Gasteiger partial charge in [-0.1, -0.05) is 48.9 Å². The zero-order valence-electron chi connectivity index (χ0n) is 14.9. The van der Waals surface area contributed by atoms with Gasteiger partial charge in [-0.25, -0.2) is 0 Å². The lowest BCUT2D eigenvalue weighted by atomic mass is 10.0. The average Bonchev–Trinajstić information content (AvgIpc) is 2.89. The maximum atomic E-state index is 4.27. The highest BCUT2D eigenvalue weighted by Crippen LogP contribution is 2.30. The van der Waals surface area contributed by atoms with E-state index in [4.69, 9.17) is 0 Å². The molecule has 0 radical (unpaired) electrons. The molecule has 2 heterocycles. The van der Waals surface area contributed by atoms with Gasteiger partial charge in [0.25, 0.3) is 0 Å². The quantitative estimate of drug-likeness (QED) is 0.536. The number of aromatic nitrogens is 2. The van der Waals surface area contributed by atoms with Crippen LogP contribution in [0.2, 0.25) is 0 Å². The summed E-state index contributed by atoms with van der Waals surface area (Å²) >= 11 is 0. The Hall–Kier alpha value is -2.61. The number of hydrogen-bond donors (Lipinski definition) is 0. The van der Waals surface area contributed by atoms with Crippen LogP contribution in [-0.2, 0) is 7.05 Å². The Bertz CT molecular complexity index is 968. The van der Waals surface area contributed by atoms with Gasteiger partial charge in [0.05, 0.1) is 5.52 Å². The van der Waals surface area contributed by atoms with Crippen molar-refractivity contribution in [1.82, 2.24) is 9.55 Å². The predicted octanol–water partition coefficient (Wildman–Crippen LogP) is 6.04. The van der Waals surface area contributed by atoms with Crippen molar-refractivity contribution < 1.29 is 0 Å². The summed E-state index contributed by atoms with van der Waals surface area (Å²) < 4.78 is 2.25. The van der Waals surface area contributed by atoms with Gasteiger partial charge in [0, 0.05) is 35.7 Å². The smallest absolute Gasteiger partial charge is 0.0519 e. The summed E-state index contributed by atoms with van der Waals surface area (Å²) in [5, 5.41) is 2.46. The Kier molecular flexibility index (Phi) is 4.66. The highest BCUT2D eigenvalue weighted by atomic mass is 14.9. The number of fused-ring (bicyclic) bond motifs is 3. The molecule has 0 unspecified atom stereocenters. The van der Waals surface area contributed by atoms with E-state index in [1.54, 1.807) is 0 Å². The molecule has 0 spiro atoms. The summed E-state index contributed by atoms with van der Waals surface area (Å²) in [5.41, 5.74) is 6.24. The van der Waals surface area contributed by atoms with Crippen LogP contribution in [0.5, 0.6) is 0 Å². The molecule has 0 amide bonds. The van der Waals surface area contributed by atoms with Crippen molar-refractivity contribution in [3.8, 4) is 0 Å². The number of rotatable bonds is 4. The number of allylic oxidation sites excluding steroid dienone is 6. The van der Waals surface area contributed by atoms with Crippen LogP contribution in [0.1, 0.15) is 32.8 Å². The van der Waals surface area contributed by atoms with Crippen molar-refractivity contribution in [3.63, 3.8) is 0 Å². The van der Waals surface area contributed by atoms with E-state index in [1.165, 1.54) is 38.5 Å². The molecular formula is C22H24N2. The van der Waals surface area contributed by atoms with Gasteiger partial charge in [0.1, 0.15) is 0 Å². The summed E-state index contributed by atoms with van der Waals surface area (Å²) in [7, 11) is 2.12. The fourth-order valence-electron chi connectivity index (χ4n) is 3.20. The third-order valence-electron chi connectivity index (χ3n) is 4.50. The molecule has 3 rings (SSSR count). The molecule has 0 saturated heterocycles.